The second-order valence-electron chi connectivity index (χ2n) is 3.66. The molecule has 5 heteroatoms. The van der Waals surface area contributed by atoms with Crippen LogP contribution in [0.4, 0.5) is 4.39 Å². The smallest absolute Gasteiger partial charge is 0.423 e. The summed E-state index contributed by atoms with van der Waals surface area (Å²) in [6, 6.07) is 4.68. The molecule has 0 radical (unpaired) electrons. The van der Waals surface area contributed by atoms with Crippen LogP contribution in [-0.2, 0) is 6.54 Å². The molecular weight excluding hydrogens is 208 g/mol. The van der Waals surface area contributed by atoms with E-state index < -0.39 is 12.9 Å². The van der Waals surface area contributed by atoms with Crippen LogP contribution in [0.15, 0.2) is 18.2 Å². The van der Waals surface area contributed by atoms with E-state index in [1.165, 1.54) is 6.07 Å². The molecule has 0 saturated carbocycles. The van der Waals surface area contributed by atoms with Crippen LogP contribution >= 0.6 is 0 Å². The maximum Gasteiger partial charge on any atom is 0.491 e. The number of rotatable bonds is 5. The number of benzene rings is 1. The van der Waals surface area contributed by atoms with Gasteiger partial charge in [0.2, 0.25) is 0 Å². The fourth-order valence-corrected chi connectivity index (χ4v) is 1.61. The average molecular weight is 225 g/mol. The fourth-order valence-electron chi connectivity index (χ4n) is 1.61. The maximum absolute atomic E-state index is 13.8. The van der Waals surface area contributed by atoms with E-state index >= 15 is 0 Å². The van der Waals surface area contributed by atoms with Crippen molar-refractivity contribution in [1.29, 1.82) is 0 Å². The van der Waals surface area contributed by atoms with Crippen LogP contribution in [0.25, 0.3) is 0 Å². The van der Waals surface area contributed by atoms with Gasteiger partial charge in [0.25, 0.3) is 0 Å². The van der Waals surface area contributed by atoms with E-state index in [2.05, 4.69) is 4.90 Å². The minimum Gasteiger partial charge on any atom is -0.423 e. The molecule has 0 aromatic heterocycles. The SMILES string of the molecule is CCN(CC)Cc1cccc(B(O)O)c1F. The van der Waals surface area contributed by atoms with Gasteiger partial charge in [0.1, 0.15) is 5.82 Å². The molecule has 16 heavy (non-hydrogen) atoms. The Kier molecular flexibility index (Phi) is 4.92. The predicted octanol–water partition coefficient (Wildman–Crippen LogP) is 0.347. The summed E-state index contributed by atoms with van der Waals surface area (Å²) in [6.07, 6.45) is 0. The normalized spacial score (nSPS) is 10.9. The van der Waals surface area contributed by atoms with E-state index in [0.29, 0.717) is 12.1 Å². The molecule has 3 nitrogen and oxygen atoms in total. The summed E-state index contributed by atoms with van der Waals surface area (Å²) in [5.41, 5.74) is 0.430. The van der Waals surface area contributed by atoms with Crippen LogP contribution in [-0.4, -0.2) is 35.2 Å². The van der Waals surface area contributed by atoms with Crippen LogP contribution in [0, 0.1) is 5.82 Å². The second kappa shape index (κ2) is 5.99. The lowest BCUT2D eigenvalue weighted by Crippen LogP contribution is -2.34. The summed E-state index contributed by atoms with van der Waals surface area (Å²) < 4.78 is 13.8. The van der Waals surface area contributed by atoms with Crippen molar-refractivity contribution >= 4 is 12.6 Å². The summed E-state index contributed by atoms with van der Waals surface area (Å²) in [4.78, 5) is 2.06. The second-order valence-corrected chi connectivity index (χ2v) is 3.66. The first kappa shape index (κ1) is 13.2. The number of halogens is 1. The molecule has 1 aromatic rings. The van der Waals surface area contributed by atoms with Crippen molar-refractivity contribution in [2.45, 2.75) is 20.4 Å². The third kappa shape index (κ3) is 3.04. The molecule has 0 bridgehead atoms. The van der Waals surface area contributed by atoms with Gasteiger partial charge in [0.05, 0.1) is 0 Å². The maximum atomic E-state index is 13.8. The van der Waals surface area contributed by atoms with Gasteiger partial charge in [0, 0.05) is 17.6 Å². The first-order valence-corrected chi connectivity index (χ1v) is 5.45. The molecule has 1 aromatic carbocycles. The lowest BCUT2D eigenvalue weighted by Gasteiger charge is -2.19. The molecule has 88 valence electrons. The van der Waals surface area contributed by atoms with E-state index in [4.69, 9.17) is 10.0 Å². The van der Waals surface area contributed by atoms with Gasteiger partial charge < -0.3 is 10.0 Å². The van der Waals surface area contributed by atoms with Crippen LogP contribution in [0.5, 0.6) is 0 Å². The summed E-state index contributed by atoms with van der Waals surface area (Å²) in [5.74, 6) is -0.524. The van der Waals surface area contributed by atoms with Gasteiger partial charge >= 0.3 is 7.12 Å². The lowest BCUT2D eigenvalue weighted by atomic mass is 9.79. The first-order chi connectivity index (χ1) is 7.60. The molecule has 0 unspecified atom stereocenters. The zero-order valence-electron chi connectivity index (χ0n) is 9.65. The molecule has 0 spiro atoms. The largest absolute Gasteiger partial charge is 0.491 e. The number of nitrogens with zero attached hydrogens (tertiary/aromatic N) is 1. The van der Waals surface area contributed by atoms with Gasteiger partial charge in [-0.15, -0.1) is 0 Å². The van der Waals surface area contributed by atoms with Gasteiger partial charge in [0.15, 0.2) is 0 Å². The highest BCUT2D eigenvalue weighted by Crippen LogP contribution is 2.08. The van der Waals surface area contributed by atoms with E-state index in [0.717, 1.165) is 13.1 Å². The summed E-state index contributed by atoms with van der Waals surface area (Å²) in [6.45, 7) is 6.17. The van der Waals surface area contributed by atoms with Crippen molar-refractivity contribution in [2.24, 2.45) is 0 Å². The molecule has 1 rings (SSSR count). The van der Waals surface area contributed by atoms with E-state index in [9.17, 15) is 4.39 Å². The molecule has 0 aliphatic heterocycles. The van der Waals surface area contributed by atoms with Crippen molar-refractivity contribution in [3.05, 3.63) is 29.6 Å². The molecule has 0 amide bonds. The molecular formula is C11H17BFNO2. The first-order valence-electron chi connectivity index (χ1n) is 5.45. The number of hydrogen-bond acceptors (Lipinski definition) is 3. The Labute approximate surface area is 95.7 Å². The summed E-state index contributed by atoms with van der Waals surface area (Å²) in [5, 5.41) is 18.0. The quantitative estimate of drug-likeness (QED) is 0.710. The zero-order chi connectivity index (χ0) is 12.1. The minimum absolute atomic E-state index is 0.0651. The van der Waals surface area contributed by atoms with Crippen molar-refractivity contribution < 1.29 is 14.4 Å². The third-order valence-electron chi connectivity index (χ3n) is 2.68. The number of hydrogen-bond donors (Lipinski definition) is 2. The van der Waals surface area contributed by atoms with Gasteiger partial charge in [-0.1, -0.05) is 32.0 Å². The topological polar surface area (TPSA) is 43.7 Å². The Morgan fingerprint density at radius 2 is 1.88 bits per heavy atom. The van der Waals surface area contributed by atoms with Crippen LogP contribution < -0.4 is 5.46 Å². The van der Waals surface area contributed by atoms with Gasteiger partial charge in [-0.25, -0.2) is 4.39 Å². The van der Waals surface area contributed by atoms with Crippen molar-refractivity contribution in [3.8, 4) is 0 Å². The van der Waals surface area contributed by atoms with Gasteiger partial charge in [-0.05, 0) is 13.1 Å². The van der Waals surface area contributed by atoms with Gasteiger partial charge in [-0.3, -0.25) is 4.90 Å². The van der Waals surface area contributed by atoms with E-state index in [-0.39, 0.29) is 5.46 Å². The van der Waals surface area contributed by atoms with E-state index in [1.807, 2.05) is 13.8 Å². The fraction of sp³-hybridized carbons (Fsp3) is 0.455. The monoisotopic (exact) mass is 225 g/mol. The molecule has 2 N–H and O–H groups in total. The lowest BCUT2D eigenvalue weighted by molar-refractivity contribution is 0.291. The molecule has 0 aliphatic rings. The third-order valence-corrected chi connectivity index (χ3v) is 2.68. The molecule has 0 fully saturated rings. The van der Waals surface area contributed by atoms with Crippen LogP contribution in [0.2, 0.25) is 0 Å². The molecule has 0 atom stereocenters. The summed E-state index contributed by atoms with van der Waals surface area (Å²) in [7, 11) is -1.75. The minimum atomic E-state index is -1.75. The molecule has 0 saturated heterocycles. The Morgan fingerprint density at radius 1 is 1.25 bits per heavy atom. The van der Waals surface area contributed by atoms with Crippen molar-refractivity contribution in [2.75, 3.05) is 13.1 Å². The highest BCUT2D eigenvalue weighted by atomic mass is 19.1. The average Bonchev–Trinajstić information content (AvgIpc) is 2.27. The van der Waals surface area contributed by atoms with Crippen LogP contribution in [0.3, 0.4) is 0 Å². The highest BCUT2D eigenvalue weighted by molar-refractivity contribution is 6.58. The zero-order valence-corrected chi connectivity index (χ0v) is 9.65. The molecule has 0 heterocycles. The van der Waals surface area contributed by atoms with Crippen LogP contribution in [0.1, 0.15) is 19.4 Å². The van der Waals surface area contributed by atoms with Gasteiger partial charge in [-0.2, -0.15) is 0 Å². The Balaban J connectivity index is 2.92. The van der Waals surface area contributed by atoms with E-state index in [1.54, 1.807) is 12.1 Å². The van der Waals surface area contributed by atoms with Crippen molar-refractivity contribution in [3.63, 3.8) is 0 Å². The Bertz CT molecular complexity index is 343. The van der Waals surface area contributed by atoms with Crippen molar-refractivity contribution in [1.82, 2.24) is 4.90 Å². The standard InChI is InChI=1S/C11H17BFNO2/c1-3-14(4-2)8-9-6-5-7-10(11(9)13)12(15)16/h5-7,15-16H,3-4,8H2,1-2H3. The molecule has 0 aliphatic carbocycles. The Morgan fingerprint density at radius 3 is 2.38 bits per heavy atom. The highest BCUT2D eigenvalue weighted by Gasteiger charge is 2.19. The Hall–Kier alpha value is -0.905. The predicted molar refractivity (Wildman–Crippen MR) is 62.9 cm³/mol. The summed E-state index contributed by atoms with van der Waals surface area (Å²) >= 11 is 0.